The number of ketones is 1. The quantitative estimate of drug-likeness (QED) is 0.665. The summed E-state index contributed by atoms with van der Waals surface area (Å²) in [6, 6.07) is 16.0. The monoisotopic (exact) mass is 386 g/mol. The molecule has 2 aliphatic rings. The molecule has 0 bridgehead atoms. The number of nitrogens with zero attached hydrogens (tertiary/aromatic N) is 2. The van der Waals surface area contributed by atoms with Gasteiger partial charge in [-0.15, -0.1) is 0 Å². The van der Waals surface area contributed by atoms with Crippen LogP contribution in [0.1, 0.15) is 59.6 Å². The van der Waals surface area contributed by atoms with E-state index in [0.29, 0.717) is 18.0 Å². The molecule has 2 fully saturated rings. The Kier molecular flexibility index (Phi) is 4.86. The van der Waals surface area contributed by atoms with Crippen molar-refractivity contribution in [3.63, 3.8) is 0 Å². The van der Waals surface area contributed by atoms with Crippen molar-refractivity contribution in [3.8, 4) is 0 Å². The lowest BCUT2D eigenvalue weighted by Gasteiger charge is -2.37. The molecule has 1 aromatic heterocycles. The number of carbonyl (C=O) groups excluding carboxylic acids is 1. The summed E-state index contributed by atoms with van der Waals surface area (Å²) >= 11 is 0. The molecule has 1 saturated heterocycles. The van der Waals surface area contributed by atoms with Crippen molar-refractivity contribution in [2.24, 2.45) is 0 Å². The molecule has 0 unspecified atom stereocenters. The van der Waals surface area contributed by atoms with Crippen LogP contribution in [-0.4, -0.2) is 27.8 Å². The van der Waals surface area contributed by atoms with E-state index in [9.17, 15) is 4.79 Å². The number of Topliss-reactive ketones (excluding diaryl/α,β-unsaturated/α-hetero) is 1. The number of rotatable bonds is 4. The fourth-order valence-electron chi connectivity index (χ4n) is 4.86. The molecule has 5 nitrogen and oxygen atoms in total. The second kappa shape index (κ2) is 7.65. The van der Waals surface area contributed by atoms with E-state index in [0.717, 1.165) is 36.0 Å². The molecule has 1 aliphatic carbocycles. The lowest BCUT2D eigenvalue weighted by atomic mass is 9.73. The molecule has 2 N–H and O–H groups in total. The standard InChI is InChI=1S/C24H26N4O/c29-22(15-17-5-2-1-3-6-17)21-16-25-20-8-4-7-19(23(20)27-21)18-9-11-24(12-10-18)13-14-26-28-24/h1-8,16,18,26,28H,9-15H2. The van der Waals surface area contributed by atoms with Crippen LogP contribution in [0.5, 0.6) is 0 Å². The number of fused-ring (bicyclic) bond motifs is 1. The summed E-state index contributed by atoms with van der Waals surface area (Å²) < 4.78 is 0. The van der Waals surface area contributed by atoms with E-state index in [2.05, 4.69) is 28.0 Å². The predicted molar refractivity (Wildman–Crippen MR) is 114 cm³/mol. The topological polar surface area (TPSA) is 66.9 Å². The third-order valence-corrected chi connectivity index (χ3v) is 6.56. The third-order valence-electron chi connectivity index (χ3n) is 6.56. The largest absolute Gasteiger partial charge is 0.292 e. The minimum absolute atomic E-state index is 0.0178. The van der Waals surface area contributed by atoms with E-state index in [1.165, 1.54) is 24.8 Å². The van der Waals surface area contributed by atoms with Gasteiger partial charge in [-0.1, -0.05) is 42.5 Å². The van der Waals surface area contributed by atoms with Crippen LogP contribution < -0.4 is 10.9 Å². The van der Waals surface area contributed by atoms with Gasteiger partial charge in [0.1, 0.15) is 5.69 Å². The van der Waals surface area contributed by atoms with Crippen molar-refractivity contribution in [1.82, 2.24) is 20.8 Å². The Hall–Kier alpha value is -2.63. The number of hydrogen-bond donors (Lipinski definition) is 2. The van der Waals surface area contributed by atoms with E-state index >= 15 is 0 Å². The fourth-order valence-corrected chi connectivity index (χ4v) is 4.86. The smallest absolute Gasteiger partial charge is 0.187 e. The number of aromatic nitrogens is 2. The molecular weight excluding hydrogens is 360 g/mol. The Morgan fingerprint density at radius 2 is 1.86 bits per heavy atom. The van der Waals surface area contributed by atoms with Crippen LogP contribution in [0.2, 0.25) is 0 Å². The van der Waals surface area contributed by atoms with Gasteiger partial charge in [-0.05, 0) is 55.2 Å². The van der Waals surface area contributed by atoms with Crippen molar-refractivity contribution in [1.29, 1.82) is 0 Å². The molecule has 0 amide bonds. The van der Waals surface area contributed by atoms with Crippen LogP contribution in [0.4, 0.5) is 0 Å². The van der Waals surface area contributed by atoms with Crippen LogP contribution in [0.25, 0.3) is 11.0 Å². The highest BCUT2D eigenvalue weighted by atomic mass is 16.1. The molecule has 0 atom stereocenters. The second-order valence-electron chi connectivity index (χ2n) is 8.41. The summed E-state index contributed by atoms with van der Waals surface area (Å²) in [5.41, 5.74) is 11.5. The highest BCUT2D eigenvalue weighted by Crippen LogP contribution is 2.41. The SMILES string of the molecule is O=C(Cc1ccccc1)c1cnc2cccc(C3CCC4(CCNN4)CC3)c2n1. The van der Waals surface area contributed by atoms with E-state index in [4.69, 9.17) is 4.98 Å². The maximum atomic E-state index is 12.8. The first-order valence-corrected chi connectivity index (χ1v) is 10.6. The third kappa shape index (κ3) is 3.68. The summed E-state index contributed by atoms with van der Waals surface area (Å²) in [7, 11) is 0. The molecule has 1 spiro atoms. The molecule has 3 aromatic rings. The number of hydrazine groups is 1. The van der Waals surface area contributed by atoms with Gasteiger partial charge in [0.05, 0.1) is 17.2 Å². The van der Waals surface area contributed by atoms with Crippen LogP contribution >= 0.6 is 0 Å². The average Bonchev–Trinajstić information content (AvgIpc) is 3.22. The predicted octanol–water partition coefficient (Wildman–Crippen LogP) is 3.95. The van der Waals surface area contributed by atoms with Gasteiger partial charge < -0.3 is 0 Å². The zero-order valence-corrected chi connectivity index (χ0v) is 16.5. The van der Waals surface area contributed by atoms with Gasteiger partial charge in [-0.25, -0.2) is 4.98 Å². The molecule has 5 heteroatoms. The summed E-state index contributed by atoms with van der Waals surface area (Å²) in [5, 5.41) is 0. The summed E-state index contributed by atoms with van der Waals surface area (Å²) in [6.07, 6.45) is 7.79. The normalized spacial score (nSPS) is 24.2. The Bertz CT molecular complexity index is 1020. The van der Waals surface area contributed by atoms with E-state index < -0.39 is 0 Å². The zero-order valence-electron chi connectivity index (χ0n) is 16.5. The number of nitrogens with one attached hydrogen (secondary N) is 2. The minimum Gasteiger partial charge on any atom is -0.292 e. The van der Waals surface area contributed by atoms with Crippen LogP contribution in [0, 0.1) is 0 Å². The lowest BCUT2D eigenvalue weighted by molar-refractivity contribution is 0.0988. The molecule has 148 valence electrons. The number of carbonyl (C=O) groups is 1. The van der Waals surface area contributed by atoms with Crippen molar-refractivity contribution >= 4 is 16.8 Å². The first-order chi connectivity index (χ1) is 14.2. The number of hydrogen-bond acceptors (Lipinski definition) is 5. The van der Waals surface area contributed by atoms with Gasteiger partial charge in [-0.3, -0.25) is 20.6 Å². The van der Waals surface area contributed by atoms with Gasteiger partial charge in [0.15, 0.2) is 5.78 Å². The second-order valence-corrected chi connectivity index (χ2v) is 8.41. The molecule has 5 rings (SSSR count). The van der Waals surface area contributed by atoms with Gasteiger partial charge in [-0.2, -0.15) is 0 Å². The Morgan fingerprint density at radius 3 is 2.62 bits per heavy atom. The van der Waals surface area contributed by atoms with E-state index in [1.54, 1.807) is 6.20 Å². The number of benzene rings is 2. The summed E-state index contributed by atoms with van der Waals surface area (Å²) in [5.74, 6) is 0.490. The molecule has 0 radical (unpaired) electrons. The van der Waals surface area contributed by atoms with E-state index in [1.807, 2.05) is 36.4 Å². The van der Waals surface area contributed by atoms with E-state index in [-0.39, 0.29) is 11.3 Å². The highest BCUT2D eigenvalue weighted by molar-refractivity contribution is 5.97. The zero-order chi connectivity index (χ0) is 19.7. The first-order valence-electron chi connectivity index (χ1n) is 10.6. The van der Waals surface area contributed by atoms with Crippen molar-refractivity contribution in [2.45, 2.75) is 50.0 Å². The van der Waals surface area contributed by atoms with Crippen molar-refractivity contribution in [2.75, 3.05) is 6.54 Å². The molecule has 2 heterocycles. The van der Waals surface area contributed by atoms with Gasteiger partial charge in [0.25, 0.3) is 0 Å². The van der Waals surface area contributed by atoms with Gasteiger partial charge >= 0.3 is 0 Å². The Labute approximate surface area is 170 Å². The summed E-state index contributed by atoms with van der Waals surface area (Å²) in [6.45, 7) is 1.05. The lowest BCUT2D eigenvalue weighted by Crippen LogP contribution is -2.46. The van der Waals surface area contributed by atoms with Crippen molar-refractivity contribution in [3.05, 3.63) is 71.5 Å². The molecular formula is C24H26N4O. The minimum atomic E-state index is 0.0178. The molecule has 29 heavy (non-hydrogen) atoms. The Balaban J connectivity index is 1.41. The Morgan fingerprint density at radius 1 is 1.03 bits per heavy atom. The number of para-hydroxylation sites is 1. The molecule has 1 aliphatic heterocycles. The van der Waals surface area contributed by atoms with Crippen LogP contribution in [-0.2, 0) is 6.42 Å². The molecule has 2 aromatic carbocycles. The average molecular weight is 386 g/mol. The maximum Gasteiger partial charge on any atom is 0.187 e. The summed E-state index contributed by atoms with van der Waals surface area (Å²) in [4.78, 5) is 22.2. The van der Waals surface area contributed by atoms with Crippen molar-refractivity contribution < 1.29 is 4.79 Å². The van der Waals surface area contributed by atoms with Gasteiger partial charge in [0.2, 0.25) is 0 Å². The first kappa shape index (κ1) is 18.4. The highest BCUT2D eigenvalue weighted by Gasteiger charge is 2.38. The fraction of sp³-hybridized carbons (Fsp3) is 0.375. The van der Waals surface area contributed by atoms with Gasteiger partial charge in [0, 0.05) is 18.5 Å². The van der Waals surface area contributed by atoms with Crippen LogP contribution in [0.3, 0.4) is 0 Å². The molecule has 1 saturated carbocycles. The maximum absolute atomic E-state index is 12.8. The van der Waals surface area contributed by atoms with Crippen LogP contribution in [0.15, 0.2) is 54.7 Å².